The number of hydrogen-bond donors (Lipinski definition) is 2. The van der Waals surface area contributed by atoms with Crippen LogP contribution in [0.25, 0.3) is 0 Å². The Hall–Kier alpha value is -2.91. The normalized spacial score (nSPS) is 12.3. The van der Waals surface area contributed by atoms with E-state index in [1.165, 1.54) is 31.2 Å². The van der Waals surface area contributed by atoms with E-state index in [0.29, 0.717) is 23.6 Å². The van der Waals surface area contributed by atoms with Gasteiger partial charge in [0.1, 0.15) is 5.75 Å². The Labute approximate surface area is 176 Å². The topological polar surface area (TPSA) is 111 Å². The third-order valence-electron chi connectivity index (χ3n) is 3.88. The minimum atomic E-state index is -3.62. The molecule has 0 bridgehead atoms. The summed E-state index contributed by atoms with van der Waals surface area (Å²) in [6.07, 6.45) is -1.05. The Balaban J connectivity index is 1.96. The van der Waals surface area contributed by atoms with Crippen LogP contribution in [-0.2, 0) is 19.6 Å². The molecule has 2 aromatic rings. The number of benzene rings is 2. The van der Waals surface area contributed by atoms with Gasteiger partial charge in [0, 0.05) is 11.7 Å². The number of sulfonamides is 1. The van der Waals surface area contributed by atoms with Crippen molar-refractivity contribution in [3.8, 4) is 5.75 Å². The molecule has 1 unspecified atom stereocenters. The van der Waals surface area contributed by atoms with Gasteiger partial charge < -0.3 is 14.8 Å². The summed E-state index contributed by atoms with van der Waals surface area (Å²) in [6.45, 7) is 7.27. The van der Waals surface area contributed by atoms with Gasteiger partial charge in [-0.3, -0.25) is 4.79 Å². The molecule has 0 aliphatic rings. The van der Waals surface area contributed by atoms with Crippen molar-refractivity contribution in [1.82, 2.24) is 4.72 Å². The van der Waals surface area contributed by atoms with Crippen LogP contribution in [0.1, 0.15) is 38.1 Å². The van der Waals surface area contributed by atoms with Crippen LogP contribution in [0.15, 0.2) is 53.4 Å². The van der Waals surface area contributed by atoms with Gasteiger partial charge in [0.2, 0.25) is 10.0 Å². The average molecular weight is 435 g/mol. The van der Waals surface area contributed by atoms with Crippen LogP contribution in [-0.4, -0.2) is 39.0 Å². The van der Waals surface area contributed by atoms with Gasteiger partial charge in [-0.15, -0.1) is 0 Å². The monoisotopic (exact) mass is 434 g/mol. The minimum absolute atomic E-state index is 0.0872. The number of carbonyl (C=O) groups excluding carboxylic acids is 2. The second-order valence-electron chi connectivity index (χ2n) is 6.79. The minimum Gasteiger partial charge on any atom is -0.494 e. The number of carbonyl (C=O) groups is 2. The maximum atomic E-state index is 12.3. The van der Waals surface area contributed by atoms with E-state index in [0.717, 1.165) is 0 Å². The van der Waals surface area contributed by atoms with Gasteiger partial charge >= 0.3 is 5.97 Å². The van der Waals surface area contributed by atoms with Crippen LogP contribution in [0.4, 0.5) is 5.69 Å². The van der Waals surface area contributed by atoms with Crippen LogP contribution >= 0.6 is 0 Å². The first-order valence-corrected chi connectivity index (χ1v) is 11.0. The van der Waals surface area contributed by atoms with Gasteiger partial charge in [-0.05, 0) is 76.2 Å². The lowest BCUT2D eigenvalue weighted by molar-refractivity contribution is -0.123. The molecule has 0 saturated carbocycles. The molecule has 0 aliphatic carbocycles. The number of esters is 1. The number of rotatable bonds is 9. The molecule has 1 atom stereocenters. The number of nitrogens with one attached hydrogen (secondary N) is 2. The smallest absolute Gasteiger partial charge is 0.338 e. The molecule has 0 aliphatic heterocycles. The molecular formula is C21H26N2O6S. The predicted octanol–water partition coefficient (Wildman–Crippen LogP) is 2.96. The highest BCUT2D eigenvalue weighted by Crippen LogP contribution is 2.16. The fraction of sp³-hybridized carbons (Fsp3) is 0.333. The Bertz CT molecular complexity index is 970. The van der Waals surface area contributed by atoms with Gasteiger partial charge in [0.25, 0.3) is 5.91 Å². The van der Waals surface area contributed by atoms with E-state index in [1.807, 2.05) is 6.92 Å². The maximum Gasteiger partial charge on any atom is 0.338 e. The molecular weight excluding hydrogens is 408 g/mol. The number of amides is 1. The van der Waals surface area contributed by atoms with Crippen LogP contribution < -0.4 is 14.8 Å². The van der Waals surface area contributed by atoms with Gasteiger partial charge in [0.15, 0.2) is 6.10 Å². The highest BCUT2D eigenvalue weighted by molar-refractivity contribution is 7.89. The Morgan fingerprint density at radius 2 is 1.57 bits per heavy atom. The van der Waals surface area contributed by atoms with Crippen molar-refractivity contribution in [2.45, 2.75) is 44.7 Å². The van der Waals surface area contributed by atoms with Crippen LogP contribution in [0.5, 0.6) is 5.75 Å². The molecule has 9 heteroatoms. The zero-order valence-electron chi connectivity index (χ0n) is 17.3. The molecule has 2 aromatic carbocycles. The summed E-state index contributed by atoms with van der Waals surface area (Å²) in [5, 5.41) is 2.59. The van der Waals surface area contributed by atoms with Gasteiger partial charge in [-0.1, -0.05) is 0 Å². The molecule has 0 fully saturated rings. The van der Waals surface area contributed by atoms with E-state index in [2.05, 4.69) is 10.0 Å². The molecule has 0 aromatic heterocycles. The van der Waals surface area contributed by atoms with Crippen molar-refractivity contribution >= 4 is 27.6 Å². The van der Waals surface area contributed by atoms with Gasteiger partial charge in [-0.25, -0.2) is 17.9 Å². The molecule has 2 rings (SSSR count). The zero-order chi connectivity index (χ0) is 22.3. The highest BCUT2D eigenvalue weighted by Gasteiger charge is 2.20. The molecule has 2 N–H and O–H groups in total. The molecule has 0 spiro atoms. The Kier molecular flexibility index (Phi) is 7.96. The summed E-state index contributed by atoms with van der Waals surface area (Å²) < 4.78 is 37.3. The van der Waals surface area contributed by atoms with Crippen LogP contribution in [0, 0.1) is 0 Å². The van der Waals surface area contributed by atoms with Gasteiger partial charge in [0.05, 0.1) is 17.1 Å². The van der Waals surface area contributed by atoms with E-state index in [1.54, 1.807) is 38.1 Å². The Morgan fingerprint density at radius 1 is 0.967 bits per heavy atom. The largest absolute Gasteiger partial charge is 0.494 e. The molecule has 0 saturated heterocycles. The molecule has 1 amide bonds. The lowest BCUT2D eigenvalue weighted by Gasteiger charge is -2.14. The van der Waals surface area contributed by atoms with E-state index in [4.69, 9.17) is 9.47 Å². The first-order valence-electron chi connectivity index (χ1n) is 9.49. The van der Waals surface area contributed by atoms with Crippen molar-refractivity contribution in [2.24, 2.45) is 0 Å². The lowest BCUT2D eigenvalue weighted by atomic mass is 10.2. The van der Waals surface area contributed by atoms with Crippen LogP contribution in [0.2, 0.25) is 0 Å². The van der Waals surface area contributed by atoms with E-state index < -0.39 is 28.0 Å². The predicted molar refractivity (Wildman–Crippen MR) is 113 cm³/mol. The van der Waals surface area contributed by atoms with Crippen molar-refractivity contribution in [1.29, 1.82) is 0 Å². The average Bonchev–Trinajstić information content (AvgIpc) is 2.68. The SMILES string of the molecule is CCOc1ccc(C(=O)OC(C)C(=O)Nc2ccc(S(=O)(=O)NC(C)C)cc2)cc1. The summed E-state index contributed by atoms with van der Waals surface area (Å²) in [5.74, 6) is -0.541. The first-order chi connectivity index (χ1) is 14.1. The zero-order valence-corrected chi connectivity index (χ0v) is 18.2. The fourth-order valence-electron chi connectivity index (χ4n) is 2.48. The summed E-state index contributed by atoms with van der Waals surface area (Å²) in [7, 11) is -3.62. The first kappa shape index (κ1) is 23.4. The van der Waals surface area contributed by atoms with Crippen molar-refractivity contribution < 1.29 is 27.5 Å². The molecule has 162 valence electrons. The van der Waals surface area contributed by atoms with Crippen molar-refractivity contribution in [3.05, 3.63) is 54.1 Å². The maximum absolute atomic E-state index is 12.3. The summed E-state index contributed by atoms with van der Waals surface area (Å²) >= 11 is 0. The van der Waals surface area contributed by atoms with Crippen molar-refractivity contribution in [3.63, 3.8) is 0 Å². The molecule has 30 heavy (non-hydrogen) atoms. The quantitative estimate of drug-likeness (QED) is 0.587. The van der Waals surface area contributed by atoms with Crippen molar-refractivity contribution in [2.75, 3.05) is 11.9 Å². The third-order valence-corrected chi connectivity index (χ3v) is 5.55. The van der Waals surface area contributed by atoms with E-state index >= 15 is 0 Å². The standard InChI is InChI=1S/C21H26N2O6S/c1-5-28-18-10-6-16(7-11-18)21(25)29-15(4)20(24)22-17-8-12-19(13-9-17)30(26,27)23-14(2)3/h6-15,23H,5H2,1-4H3,(H,22,24). The fourth-order valence-corrected chi connectivity index (χ4v) is 3.73. The summed E-state index contributed by atoms with van der Waals surface area (Å²) in [6, 6.07) is 11.9. The number of hydrogen-bond acceptors (Lipinski definition) is 6. The summed E-state index contributed by atoms with van der Waals surface area (Å²) in [5.41, 5.74) is 0.678. The summed E-state index contributed by atoms with van der Waals surface area (Å²) in [4.78, 5) is 24.6. The lowest BCUT2D eigenvalue weighted by Crippen LogP contribution is -2.30. The van der Waals surface area contributed by atoms with Gasteiger partial charge in [-0.2, -0.15) is 0 Å². The second kappa shape index (κ2) is 10.2. The number of ether oxygens (including phenoxy) is 2. The molecule has 0 radical (unpaired) electrons. The third kappa shape index (κ3) is 6.57. The molecule has 8 nitrogen and oxygen atoms in total. The highest BCUT2D eigenvalue weighted by atomic mass is 32.2. The Morgan fingerprint density at radius 3 is 2.10 bits per heavy atom. The second-order valence-corrected chi connectivity index (χ2v) is 8.51. The molecule has 0 heterocycles. The van der Waals surface area contributed by atoms with E-state index in [9.17, 15) is 18.0 Å². The van der Waals surface area contributed by atoms with E-state index in [-0.39, 0.29) is 10.9 Å². The van der Waals surface area contributed by atoms with Crippen LogP contribution in [0.3, 0.4) is 0 Å². The number of anilines is 1.